The molecule has 0 aromatic carbocycles. The number of carbonyl (C=O) groups is 1. The van der Waals surface area contributed by atoms with Crippen LogP contribution in [0.1, 0.15) is 35.5 Å². The van der Waals surface area contributed by atoms with Gasteiger partial charge in [-0.1, -0.05) is 6.92 Å². The number of amides is 1. The lowest BCUT2D eigenvalue weighted by Gasteiger charge is -2.07. The number of nitrogens with one attached hydrogen (secondary N) is 1. The zero-order valence-electron chi connectivity index (χ0n) is 9.25. The number of carbonyl (C=O) groups excluding carboxylic acids is 1. The van der Waals surface area contributed by atoms with Crippen LogP contribution in [0.4, 0.5) is 0 Å². The lowest BCUT2D eigenvalue weighted by atomic mass is 10.2. The quantitative estimate of drug-likeness (QED) is 0.804. The van der Waals surface area contributed by atoms with Crippen LogP contribution in [0.15, 0.2) is 11.4 Å². The molecule has 0 spiro atoms. The summed E-state index contributed by atoms with van der Waals surface area (Å²) in [7, 11) is 0. The Morgan fingerprint density at radius 3 is 3.00 bits per heavy atom. The number of rotatable bonds is 5. The highest BCUT2D eigenvalue weighted by Crippen LogP contribution is 2.16. The SMILES string of the molecule is CCc1ccsc1C(=O)NCCC(C)N. The van der Waals surface area contributed by atoms with E-state index in [9.17, 15) is 4.79 Å². The van der Waals surface area contributed by atoms with Crippen LogP contribution < -0.4 is 11.1 Å². The van der Waals surface area contributed by atoms with E-state index in [1.807, 2.05) is 18.4 Å². The molecular formula is C11H18N2OS. The van der Waals surface area contributed by atoms with E-state index in [4.69, 9.17) is 5.73 Å². The van der Waals surface area contributed by atoms with Crippen LogP contribution in [-0.4, -0.2) is 18.5 Å². The fraction of sp³-hybridized carbons (Fsp3) is 0.545. The molecule has 84 valence electrons. The fourth-order valence-electron chi connectivity index (χ4n) is 1.31. The zero-order valence-corrected chi connectivity index (χ0v) is 10.1. The van der Waals surface area contributed by atoms with Crippen molar-refractivity contribution >= 4 is 17.2 Å². The molecule has 0 saturated carbocycles. The summed E-state index contributed by atoms with van der Waals surface area (Å²) < 4.78 is 0. The number of aryl methyl sites for hydroxylation is 1. The molecule has 1 aromatic rings. The Bertz CT molecular complexity index is 320. The topological polar surface area (TPSA) is 55.1 Å². The Morgan fingerprint density at radius 2 is 2.40 bits per heavy atom. The molecule has 1 atom stereocenters. The Kier molecular flexibility index (Phi) is 4.78. The molecule has 1 unspecified atom stereocenters. The minimum atomic E-state index is 0.0301. The van der Waals surface area contributed by atoms with Crippen LogP contribution in [0.2, 0.25) is 0 Å². The first kappa shape index (κ1) is 12.2. The van der Waals surface area contributed by atoms with Gasteiger partial charge in [0.1, 0.15) is 0 Å². The van der Waals surface area contributed by atoms with Gasteiger partial charge in [0.15, 0.2) is 0 Å². The van der Waals surface area contributed by atoms with Gasteiger partial charge in [-0.05, 0) is 36.8 Å². The average molecular weight is 226 g/mol. The Balaban J connectivity index is 2.47. The van der Waals surface area contributed by atoms with Crippen molar-refractivity contribution in [3.63, 3.8) is 0 Å². The van der Waals surface area contributed by atoms with E-state index in [1.54, 1.807) is 0 Å². The van der Waals surface area contributed by atoms with Gasteiger partial charge in [0.2, 0.25) is 0 Å². The molecule has 15 heavy (non-hydrogen) atoms. The van der Waals surface area contributed by atoms with Crippen LogP contribution in [0, 0.1) is 0 Å². The van der Waals surface area contributed by atoms with Gasteiger partial charge in [-0.15, -0.1) is 11.3 Å². The maximum absolute atomic E-state index is 11.7. The molecule has 0 aliphatic carbocycles. The van der Waals surface area contributed by atoms with Gasteiger partial charge in [-0.2, -0.15) is 0 Å². The first-order chi connectivity index (χ1) is 7.15. The average Bonchev–Trinajstić information content (AvgIpc) is 2.64. The molecule has 0 radical (unpaired) electrons. The molecular weight excluding hydrogens is 208 g/mol. The van der Waals surface area contributed by atoms with E-state index in [2.05, 4.69) is 12.2 Å². The van der Waals surface area contributed by atoms with Gasteiger partial charge in [0, 0.05) is 12.6 Å². The molecule has 0 bridgehead atoms. The van der Waals surface area contributed by atoms with Gasteiger partial charge in [0.25, 0.3) is 5.91 Å². The van der Waals surface area contributed by atoms with Crippen LogP contribution in [-0.2, 0) is 6.42 Å². The van der Waals surface area contributed by atoms with Crippen LogP contribution in [0.5, 0.6) is 0 Å². The predicted molar refractivity (Wildman–Crippen MR) is 64.3 cm³/mol. The summed E-state index contributed by atoms with van der Waals surface area (Å²) in [6.07, 6.45) is 1.72. The van der Waals surface area contributed by atoms with Gasteiger partial charge in [0.05, 0.1) is 4.88 Å². The van der Waals surface area contributed by atoms with E-state index >= 15 is 0 Å². The van der Waals surface area contributed by atoms with Crippen LogP contribution in [0.3, 0.4) is 0 Å². The van der Waals surface area contributed by atoms with Crippen molar-refractivity contribution in [2.75, 3.05) is 6.54 Å². The maximum atomic E-state index is 11.7. The summed E-state index contributed by atoms with van der Waals surface area (Å²) >= 11 is 1.50. The summed E-state index contributed by atoms with van der Waals surface area (Å²) in [6.45, 7) is 4.65. The van der Waals surface area contributed by atoms with E-state index in [0.29, 0.717) is 6.54 Å². The van der Waals surface area contributed by atoms with Gasteiger partial charge < -0.3 is 11.1 Å². The first-order valence-electron chi connectivity index (χ1n) is 5.25. The van der Waals surface area contributed by atoms with Crippen molar-refractivity contribution in [3.8, 4) is 0 Å². The summed E-state index contributed by atoms with van der Waals surface area (Å²) in [5, 5.41) is 4.84. The van der Waals surface area contributed by atoms with E-state index in [0.717, 1.165) is 23.3 Å². The lowest BCUT2D eigenvalue weighted by molar-refractivity contribution is 0.0956. The maximum Gasteiger partial charge on any atom is 0.261 e. The number of hydrogen-bond donors (Lipinski definition) is 2. The largest absolute Gasteiger partial charge is 0.351 e. The summed E-state index contributed by atoms with van der Waals surface area (Å²) in [6, 6.07) is 2.14. The molecule has 1 aromatic heterocycles. The second-order valence-electron chi connectivity index (χ2n) is 3.65. The highest BCUT2D eigenvalue weighted by atomic mass is 32.1. The highest BCUT2D eigenvalue weighted by molar-refractivity contribution is 7.12. The molecule has 1 heterocycles. The third-order valence-electron chi connectivity index (χ3n) is 2.22. The highest BCUT2D eigenvalue weighted by Gasteiger charge is 2.11. The normalized spacial score (nSPS) is 12.5. The van der Waals surface area contributed by atoms with E-state index in [1.165, 1.54) is 11.3 Å². The van der Waals surface area contributed by atoms with Crippen molar-refractivity contribution < 1.29 is 4.79 Å². The molecule has 1 rings (SSSR count). The Labute approximate surface area is 94.7 Å². The molecule has 3 N–H and O–H groups in total. The summed E-state index contributed by atoms with van der Waals surface area (Å²) in [5.74, 6) is 0.0301. The predicted octanol–water partition coefficient (Wildman–Crippen LogP) is 1.78. The summed E-state index contributed by atoms with van der Waals surface area (Å²) in [4.78, 5) is 12.6. The number of thiophene rings is 1. The Hall–Kier alpha value is -0.870. The molecule has 3 nitrogen and oxygen atoms in total. The second kappa shape index (κ2) is 5.88. The van der Waals surface area contributed by atoms with Crippen molar-refractivity contribution in [1.82, 2.24) is 5.32 Å². The minimum Gasteiger partial charge on any atom is -0.351 e. The van der Waals surface area contributed by atoms with Gasteiger partial charge in [-0.3, -0.25) is 4.79 Å². The molecule has 0 saturated heterocycles. The van der Waals surface area contributed by atoms with Gasteiger partial charge >= 0.3 is 0 Å². The van der Waals surface area contributed by atoms with Crippen molar-refractivity contribution in [2.24, 2.45) is 5.73 Å². The standard InChI is InChI=1S/C11H18N2OS/c1-3-9-5-7-15-10(9)11(14)13-6-4-8(2)12/h5,7-8H,3-4,6,12H2,1-2H3,(H,13,14). The molecule has 0 fully saturated rings. The first-order valence-corrected chi connectivity index (χ1v) is 6.13. The van der Waals surface area contributed by atoms with Crippen LogP contribution >= 0.6 is 11.3 Å². The smallest absolute Gasteiger partial charge is 0.261 e. The number of hydrogen-bond acceptors (Lipinski definition) is 3. The third kappa shape index (κ3) is 3.64. The lowest BCUT2D eigenvalue weighted by Crippen LogP contribution is -2.28. The van der Waals surface area contributed by atoms with Gasteiger partial charge in [-0.25, -0.2) is 0 Å². The van der Waals surface area contributed by atoms with E-state index < -0.39 is 0 Å². The molecule has 4 heteroatoms. The molecule has 0 aliphatic rings. The van der Waals surface area contributed by atoms with Crippen molar-refractivity contribution in [3.05, 3.63) is 21.9 Å². The third-order valence-corrected chi connectivity index (χ3v) is 3.17. The number of nitrogens with two attached hydrogens (primary N) is 1. The monoisotopic (exact) mass is 226 g/mol. The fourth-order valence-corrected chi connectivity index (χ4v) is 2.22. The van der Waals surface area contributed by atoms with Crippen molar-refractivity contribution in [1.29, 1.82) is 0 Å². The second-order valence-corrected chi connectivity index (χ2v) is 4.57. The summed E-state index contributed by atoms with van der Waals surface area (Å²) in [5.41, 5.74) is 6.73. The van der Waals surface area contributed by atoms with Crippen molar-refractivity contribution in [2.45, 2.75) is 32.7 Å². The van der Waals surface area contributed by atoms with Crippen LogP contribution in [0.25, 0.3) is 0 Å². The zero-order chi connectivity index (χ0) is 11.3. The molecule has 1 amide bonds. The molecule has 0 aliphatic heterocycles. The minimum absolute atomic E-state index is 0.0301. The Morgan fingerprint density at radius 1 is 1.67 bits per heavy atom. The van der Waals surface area contributed by atoms with E-state index in [-0.39, 0.29) is 11.9 Å².